The maximum atomic E-state index is 13.7. The second kappa shape index (κ2) is 8.38. The summed E-state index contributed by atoms with van der Waals surface area (Å²) in [5.74, 6) is 2.72. The summed E-state index contributed by atoms with van der Waals surface area (Å²) in [6.07, 6.45) is 7.32. The highest BCUT2D eigenvalue weighted by Crippen LogP contribution is 2.49. The Hall–Kier alpha value is -3.63. The van der Waals surface area contributed by atoms with E-state index in [-0.39, 0.29) is 23.9 Å². The number of aryl methyl sites for hydroxylation is 1. The smallest absolute Gasteiger partial charge is 0.274 e. The lowest BCUT2D eigenvalue weighted by molar-refractivity contribution is 0.0685. The lowest BCUT2D eigenvalue weighted by atomic mass is 10.1. The van der Waals surface area contributed by atoms with E-state index in [1.165, 1.54) is 11.3 Å². The normalized spacial score (nSPS) is 20.7. The number of aromatic nitrogens is 1. The van der Waals surface area contributed by atoms with Crippen LogP contribution in [-0.4, -0.2) is 40.3 Å². The summed E-state index contributed by atoms with van der Waals surface area (Å²) in [5.41, 5.74) is 9.64. The number of likely N-dealkylation sites (tertiary alicyclic amines) is 1. The molecule has 6 nitrogen and oxygen atoms in total. The first-order valence-corrected chi connectivity index (χ1v) is 11.8. The molecule has 1 aliphatic carbocycles. The summed E-state index contributed by atoms with van der Waals surface area (Å²) in [4.78, 5) is 33.5. The van der Waals surface area contributed by atoms with E-state index in [0.717, 1.165) is 28.8 Å². The van der Waals surface area contributed by atoms with Gasteiger partial charge in [0, 0.05) is 23.7 Å². The highest BCUT2D eigenvalue weighted by atomic mass is 32.1. The predicted molar refractivity (Wildman–Crippen MR) is 130 cm³/mol. The fourth-order valence-electron chi connectivity index (χ4n) is 4.71. The number of hydrogen-bond donors (Lipinski definition) is 2. The van der Waals surface area contributed by atoms with Crippen LogP contribution in [0.2, 0.25) is 0 Å². The lowest BCUT2D eigenvalue weighted by Gasteiger charge is -2.27. The molecule has 3 atom stereocenters. The van der Waals surface area contributed by atoms with Gasteiger partial charge in [-0.1, -0.05) is 53.2 Å². The van der Waals surface area contributed by atoms with Crippen LogP contribution in [0.3, 0.4) is 0 Å². The molecule has 2 heterocycles. The molecule has 0 spiro atoms. The van der Waals surface area contributed by atoms with Crippen LogP contribution in [0.4, 0.5) is 5.13 Å². The number of nitrogens with zero attached hydrogens (tertiary/aromatic N) is 2. The zero-order chi connectivity index (χ0) is 23.1. The van der Waals surface area contributed by atoms with E-state index in [0.29, 0.717) is 34.4 Å². The van der Waals surface area contributed by atoms with Crippen LogP contribution in [0.25, 0.3) is 10.4 Å². The van der Waals surface area contributed by atoms with E-state index in [2.05, 4.69) is 16.2 Å². The monoisotopic (exact) mass is 456 g/mol. The maximum Gasteiger partial charge on any atom is 0.274 e. The number of thiazole rings is 1. The van der Waals surface area contributed by atoms with Gasteiger partial charge in [-0.15, -0.1) is 6.42 Å². The van der Waals surface area contributed by atoms with Crippen molar-refractivity contribution >= 4 is 28.3 Å². The summed E-state index contributed by atoms with van der Waals surface area (Å²) >= 11 is 1.33. The summed E-state index contributed by atoms with van der Waals surface area (Å²) in [7, 11) is 0. The van der Waals surface area contributed by atoms with Crippen molar-refractivity contribution in [3.8, 4) is 22.8 Å². The first kappa shape index (κ1) is 21.2. The largest absolute Gasteiger partial charge is 0.375 e. The van der Waals surface area contributed by atoms with Gasteiger partial charge in [-0.3, -0.25) is 9.59 Å². The van der Waals surface area contributed by atoms with Crippen molar-refractivity contribution in [2.75, 3.05) is 12.3 Å². The Labute approximate surface area is 196 Å². The second-order valence-electron chi connectivity index (χ2n) is 8.70. The van der Waals surface area contributed by atoms with E-state index in [1.54, 1.807) is 24.3 Å². The average molecular weight is 457 g/mol. The molecule has 5 rings (SSSR count). The Morgan fingerprint density at radius 3 is 2.85 bits per heavy atom. The van der Waals surface area contributed by atoms with E-state index < -0.39 is 0 Å². The molecule has 1 saturated heterocycles. The average Bonchev–Trinajstić information content (AvgIpc) is 3.31. The number of nitrogens with two attached hydrogens (primary N) is 1. The summed E-state index contributed by atoms with van der Waals surface area (Å²) in [6, 6.07) is 15.1. The van der Waals surface area contributed by atoms with Gasteiger partial charge in [-0.2, -0.15) is 0 Å². The van der Waals surface area contributed by atoms with Crippen LogP contribution in [0.15, 0.2) is 48.5 Å². The lowest BCUT2D eigenvalue weighted by Crippen LogP contribution is -2.45. The number of hydrogen-bond acceptors (Lipinski definition) is 5. The fourth-order valence-corrected chi connectivity index (χ4v) is 5.53. The van der Waals surface area contributed by atoms with Crippen molar-refractivity contribution < 1.29 is 9.59 Å². The molecule has 2 aromatic carbocycles. The molecule has 7 heteroatoms. The van der Waals surface area contributed by atoms with Gasteiger partial charge in [0.15, 0.2) is 5.13 Å². The summed E-state index contributed by atoms with van der Waals surface area (Å²) in [5, 5.41) is 3.36. The molecular formula is C26H24N4O2S. The number of benzene rings is 2. The predicted octanol–water partition coefficient (Wildman–Crippen LogP) is 3.72. The molecule has 1 aliphatic heterocycles. The Morgan fingerprint density at radius 2 is 2.06 bits per heavy atom. The third-order valence-electron chi connectivity index (χ3n) is 6.36. The number of rotatable bonds is 5. The van der Waals surface area contributed by atoms with Crippen LogP contribution >= 0.6 is 11.3 Å². The number of anilines is 1. The van der Waals surface area contributed by atoms with Crippen molar-refractivity contribution in [2.24, 2.45) is 5.92 Å². The molecule has 1 aromatic heterocycles. The van der Waals surface area contributed by atoms with Gasteiger partial charge in [0.1, 0.15) is 5.69 Å². The summed E-state index contributed by atoms with van der Waals surface area (Å²) in [6.45, 7) is 2.40. The van der Waals surface area contributed by atoms with Gasteiger partial charge in [0.25, 0.3) is 11.8 Å². The van der Waals surface area contributed by atoms with Crippen LogP contribution in [-0.2, 0) is 0 Å². The SMILES string of the molecule is C#Cc1cccc(C(=O)NC[C@@H]2C[C@@H]3CC3N2C(=O)c2nc(N)sc2-c2cccc(C)c2)c1. The Bertz CT molecular complexity index is 1290. The fraction of sp³-hybridized carbons (Fsp3) is 0.269. The van der Waals surface area contributed by atoms with Gasteiger partial charge in [0.05, 0.1) is 10.9 Å². The zero-order valence-electron chi connectivity index (χ0n) is 18.2. The van der Waals surface area contributed by atoms with Crippen molar-refractivity contribution in [2.45, 2.75) is 31.8 Å². The highest BCUT2D eigenvalue weighted by Gasteiger charge is 2.54. The number of piperidine rings is 1. The van der Waals surface area contributed by atoms with Gasteiger partial charge in [0.2, 0.25) is 0 Å². The minimum atomic E-state index is -0.196. The maximum absolute atomic E-state index is 13.7. The van der Waals surface area contributed by atoms with Crippen molar-refractivity contribution in [1.82, 2.24) is 15.2 Å². The molecule has 2 amide bonds. The third-order valence-corrected chi connectivity index (χ3v) is 7.30. The number of amides is 2. The van der Waals surface area contributed by atoms with E-state index in [9.17, 15) is 9.59 Å². The topological polar surface area (TPSA) is 88.3 Å². The number of nitrogen functional groups attached to an aromatic ring is 1. The molecule has 2 aliphatic rings. The first-order chi connectivity index (χ1) is 15.9. The van der Waals surface area contributed by atoms with Gasteiger partial charge >= 0.3 is 0 Å². The first-order valence-electron chi connectivity index (χ1n) is 11.0. The minimum absolute atomic E-state index is 0.0747. The van der Waals surface area contributed by atoms with Crippen LogP contribution in [0.5, 0.6) is 0 Å². The molecule has 1 unspecified atom stereocenters. The number of terminal acetylenes is 1. The second-order valence-corrected chi connectivity index (χ2v) is 9.73. The van der Waals surface area contributed by atoms with E-state index in [1.807, 2.05) is 36.1 Å². The van der Waals surface area contributed by atoms with Crippen molar-refractivity contribution in [1.29, 1.82) is 0 Å². The molecular weight excluding hydrogens is 432 g/mol. The van der Waals surface area contributed by atoms with Crippen molar-refractivity contribution in [3.05, 3.63) is 70.9 Å². The third kappa shape index (κ3) is 4.10. The standard InChI is InChI=1S/C26H24N4O2S/c1-3-16-7-5-9-18(11-16)24(31)28-14-20-12-19-13-21(19)30(20)25(32)22-23(33-26(27)29-22)17-8-4-6-15(2)10-17/h1,4-11,19-21H,12-14H2,2H3,(H2,27,29)(H,28,31)/t19-,20+,21?/m1/s1. The summed E-state index contributed by atoms with van der Waals surface area (Å²) < 4.78 is 0. The van der Waals surface area contributed by atoms with Crippen LogP contribution < -0.4 is 11.1 Å². The molecule has 0 radical (unpaired) electrons. The molecule has 1 saturated carbocycles. The van der Waals surface area contributed by atoms with Crippen LogP contribution in [0.1, 0.15) is 44.8 Å². The van der Waals surface area contributed by atoms with E-state index in [4.69, 9.17) is 12.2 Å². The number of nitrogens with one attached hydrogen (secondary N) is 1. The molecule has 166 valence electrons. The number of fused-ring (bicyclic) bond motifs is 1. The minimum Gasteiger partial charge on any atom is -0.375 e. The van der Waals surface area contributed by atoms with Gasteiger partial charge < -0.3 is 16.0 Å². The van der Waals surface area contributed by atoms with Crippen LogP contribution in [0, 0.1) is 25.2 Å². The highest BCUT2D eigenvalue weighted by molar-refractivity contribution is 7.19. The Kier molecular flexibility index (Phi) is 5.39. The van der Waals surface area contributed by atoms with Gasteiger partial charge in [-0.25, -0.2) is 4.98 Å². The molecule has 0 bridgehead atoms. The van der Waals surface area contributed by atoms with Gasteiger partial charge in [-0.05, 0) is 49.4 Å². The van der Waals surface area contributed by atoms with Crippen molar-refractivity contribution in [3.63, 3.8) is 0 Å². The molecule has 33 heavy (non-hydrogen) atoms. The quantitative estimate of drug-likeness (QED) is 0.573. The van der Waals surface area contributed by atoms with E-state index >= 15 is 0 Å². The Balaban J connectivity index is 1.35. The molecule has 2 fully saturated rings. The zero-order valence-corrected chi connectivity index (χ0v) is 19.1. The number of carbonyl (C=O) groups excluding carboxylic acids is 2. The molecule has 3 N–H and O–H groups in total. The Morgan fingerprint density at radius 1 is 1.24 bits per heavy atom. The molecule has 3 aromatic rings. The number of carbonyl (C=O) groups is 2.